The monoisotopic (exact) mass is 464 g/mol. The van der Waals surface area contributed by atoms with Crippen molar-refractivity contribution in [3.8, 4) is 11.1 Å². The molecule has 34 heavy (non-hydrogen) atoms. The molecule has 2 aromatic carbocycles. The summed E-state index contributed by atoms with van der Waals surface area (Å²) in [4.78, 5) is 38.4. The molecule has 178 valence electrons. The van der Waals surface area contributed by atoms with Gasteiger partial charge in [-0.1, -0.05) is 48.5 Å². The first-order valence-corrected chi connectivity index (χ1v) is 11.7. The van der Waals surface area contributed by atoms with E-state index < -0.39 is 29.5 Å². The number of aliphatic hydroxyl groups excluding tert-OH is 1. The molecule has 0 spiro atoms. The number of fused-ring (bicyclic) bond motifs is 3. The van der Waals surface area contributed by atoms with Crippen LogP contribution in [0.15, 0.2) is 48.5 Å². The van der Waals surface area contributed by atoms with Crippen molar-refractivity contribution in [3.63, 3.8) is 0 Å². The van der Waals surface area contributed by atoms with E-state index in [0.29, 0.717) is 12.8 Å². The van der Waals surface area contributed by atoms with Gasteiger partial charge in [0.2, 0.25) is 5.91 Å². The van der Waals surface area contributed by atoms with Gasteiger partial charge in [-0.15, -0.1) is 0 Å². The maximum absolute atomic E-state index is 13.1. The number of likely N-dealkylation sites (tertiary alicyclic amines) is 1. The largest absolute Gasteiger partial charge is 0.481 e. The standard InChI is InChI=1S/C26H28N2O6/c29-17-11-16(23(30)31)12-28(13-17)24(32)26(9-10-26)15-27-25(33)34-14-22-20-7-3-1-5-18(20)19-6-2-4-8-21(19)22/h1-8,16-17,22,29H,9-15H2,(H,27,33)(H,30,31). The summed E-state index contributed by atoms with van der Waals surface area (Å²) >= 11 is 0. The first-order valence-electron chi connectivity index (χ1n) is 11.7. The van der Waals surface area contributed by atoms with E-state index in [1.54, 1.807) is 0 Å². The number of benzene rings is 2. The van der Waals surface area contributed by atoms with Crippen LogP contribution in [0.3, 0.4) is 0 Å². The first-order chi connectivity index (χ1) is 16.4. The average molecular weight is 465 g/mol. The molecule has 1 saturated heterocycles. The van der Waals surface area contributed by atoms with Crippen LogP contribution in [0.1, 0.15) is 36.3 Å². The van der Waals surface area contributed by atoms with E-state index in [2.05, 4.69) is 29.6 Å². The van der Waals surface area contributed by atoms with Gasteiger partial charge in [0.15, 0.2) is 0 Å². The summed E-state index contributed by atoms with van der Waals surface area (Å²) in [5.74, 6) is -2.05. The molecule has 2 amide bonds. The maximum Gasteiger partial charge on any atom is 0.407 e. The molecular formula is C26H28N2O6. The van der Waals surface area contributed by atoms with E-state index in [1.807, 2.05) is 24.3 Å². The molecule has 0 bridgehead atoms. The fraction of sp³-hybridized carbons (Fsp3) is 0.423. The van der Waals surface area contributed by atoms with Gasteiger partial charge in [0, 0.05) is 25.6 Å². The fourth-order valence-electron chi connectivity index (χ4n) is 5.26. The van der Waals surface area contributed by atoms with E-state index >= 15 is 0 Å². The molecule has 0 radical (unpaired) electrons. The number of piperidine rings is 1. The molecule has 5 rings (SSSR count). The lowest BCUT2D eigenvalue weighted by molar-refractivity contribution is -0.150. The molecule has 2 fully saturated rings. The topological polar surface area (TPSA) is 116 Å². The Kier molecular flexibility index (Phi) is 5.77. The molecule has 3 aliphatic rings. The highest BCUT2D eigenvalue weighted by atomic mass is 16.5. The highest BCUT2D eigenvalue weighted by molar-refractivity contribution is 5.87. The molecule has 2 aliphatic carbocycles. The van der Waals surface area contributed by atoms with Crippen LogP contribution in [0.4, 0.5) is 4.79 Å². The lowest BCUT2D eigenvalue weighted by atomic mass is 9.94. The maximum atomic E-state index is 13.1. The smallest absolute Gasteiger partial charge is 0.407 e. The van der Waals surface area contributed by atoms with Crippen molar-refractivity contribution < 1.29 is 29.3 Å². The van der Waals surface area contributed by atoms with Gasteiger partial charge in [-0.2, -0.15) is 0 Å². The van der Waals surface area contributed by atoms with Crippen molar-refractivity contribution in [1.29, 1.82) is 0 Å². The number of hydrogen-bond donors (Lipinski definition) is 3. The van der Waals surface area contributed by atoms with Crippen LogP contribution in [0.25, 0.3) is 11.1 Å². The number of aliphatic carboxylic acids is 1. The summed E-state index contributed by atoms with van der Waals surface area (Å²) in [6.07, 6.45) is -0.0725. The van der Waals surface area contributed by atoms with Crippen molar-refractivity contribution in [3.05, 3.63) is 59.7 Å². The van der Waals surface area contributed by atoms with E-state index in [0.717, 1.165) is 22.3 Å². The van der Waals surface area contributed by atoms with Gasteiger partial charge in [0.25, 0.3) is 0 Å². The van der Waals surface area contributed by atoms with Gasteiger partial charge in [-0.25, -0.2) is 4.79 Å². The highest BCUT2D eigenvalue weighted by Crippen LogP contribution is 2.47. The summed E-state index contributed by atoms with van der Waals surface area (Å²) < 4.78 is 5.56. The predicted octanol–water partition coefficient (Wildman–Crippen LogP) is 2.60. The van der Waals surface area contributed by atoms with Gasteiger partial charge in [0.05, 0.1) is 17.4 Å². The van der Waals surface area contributed by atoms with Crippen LogP contribution >= 0.6 is 0 Å². The van der Waals surface area contributed by atoms with E-state index in [1.165, 1.54) is 4.90 Å². The molecule has 8 heteroatoms. The second-order valence-electron chi connectivity index (χ2n) is 9.59. The number of aliphatic hydroxyl groups is 1. The minimum absolute atomic E-state index is 0.0440. The van der Waals surface area contributed by atoms with E-state index in [9.17, 15) is 24.6 Å². The number of carboxylic acid groups (broad SMARTS) is 1. The Balaban J connectivity index is 1.18. The lowest BCUT2D eigenvalue weighted by Gasteiger charge is -2.36. The van der Waals surface area contributed by atoms with Crippen LogP contribution in [-0.2, 0) is 14.3 Å². The number of nitrogens with zero attached hydrogens (tertiary/aromatic N) is 1. The Morgan fingerprint density at radius 2 is 1.62 bits per heavy atom. The van der Waals surface area contributed by atoms with Crippen molar-refractivity contribution in [2.45, 2.75) is 31.3 Å². The zero-order chi connectivity index (χ0) is 23.9. The van der Waals surface area contributed by atoms with Crippen molar-refractivity contribution in [1.82, 2.24) is 10.2 Å². The minimum Gasteiger partial charge on any atom is -0.481 e. The number of alkyl carbamates (subject to hydrolysis) is 1. The molecule has 2 atom stereocenters. The number of amides is 2. The van der Waals surface area contributed by atoms with Gasteiger partial charge in [0.1, 0.15) is 6.61 Å². The molecule has 2 aromatic rings. The molecule has 1 aliphatic heterocycles. The molecule has 0 aromatic heterocycles. The van der Waals surface area contributed by atoms with Gasteiger partial charge in [-0.05, 0) is 41.5 Å². The number of hydrogen-bond acceptors (Lipinski definition) is 5. The molecular weight excluding hydrogens is 436 g/mol. The van der Waals surface area contributed by atoms with Gasteiger partial charge < -0.3 is 25.2 Å². The van der Waals surface area contributed by atoms with Crippen LogP contribution in [-0.4, -0.2) is 65.4 Å². The molecule has 3 N–H and O–H groups in total. The van der Waals surface area contributed by atoms with E-state index in [-0.39, 0.29) is 44.5 Å². The van der Waals surface area contributed by atoms with Crippen molar-refractivity contribution >= 4 is 18.0 Å². The number of ether oxygens (including phenoxy) is 1. The Labute approximate surface area is 197 Å². The number of rotatable bonds is 6. The normalized spacial score (nSPS) is 22.4. The minimum atomic E-state index is -1.02. The second-order valence-corrected chi connectivity index (χ2v) is 9.59. The van der Waals surface area contributed by atoms with Crippen molar-refractivity contribution in [2.24, 2.45) is 11.3 Å². The average Bonchev–Trinajstić information content (AvgIpc) is 3.57. The molecule has 1 saturated carbocycles. The summed E-state index contributed by atoms with van der Waals surface area (Å²) in [6.45, 7) is 0.527. The van der Waals surface area contributed by atoms with Crippen LogP contribution in [0.2, 0.25) is 0 Å². The summed E-state index contributed by atoms with van der Waals surface area (Å²) in [5, 5.41) is 22.1. The number of β-amino-alcohol motifs (C(OH)–C–C–N with tert-alkyl or cyclic N) is 1. The SMILES string of the molecule is O=C(NCC1(C(=O)N2CC(O)CC(C(=O)O)C2)CC1)OCC1c2ccccc2-c2ccccc21. The third-order valence-electron chi connectivity index (χ3n) is 7.29. The summed E-state index contributed by atoms with van der Waals surface area (Å²) in [5.41, 5.74) is 3.81. The quantitative estimate of drug-likeness (QED) is 0.605. The Morgan fingerprint density at radius 1 is 1.00 bits per heavy atom. The Morgan fingerprint density at radius 3 is 2.21 bits per heavy atom. The van der Waals surface area contributed by atoms with E-state index in [4.69, 9.17) is 4.74 Å². The third kappa shape index (κ3) is 4.14. The Hall–Kier alpha value is -3.39. The van der Waals surface area contributed by atoms with Gasteiger partial charge in [-0.3, -0.25) is 9.59 Å². The van der Waals surface area contributed by atoms with Gasteiger partial charge >= 0.3 is 12.1 Å². The molecule has 2 unspecified atom stereocenters. The molecule has 8 nitrogen and oxygen atoms in total. The van der Waals surface area contributed by atoms with Crippen LogP contribution in [0.5, 0.6) is 0 Å². The number of carbonyl (C=O) groups excluding carboxylic acids is 2. The lowest BCUT2D eigenvalue weighted by Crippen LogP contribution is -2.52. The fourth-order valence-corrected chi connectivity index (χ4v) is 5.26. The molecule has 1 heterocycles. The second kappa shape index (κ2) is 8.76. The first kappa shape index (κ1) is 22.4. The zero-order valence-corrected chi connectivity index (χ0v) is 18.8. The third-order valence-corrected chi connectivity index (χ3v) is 7.29. The Bertz CT molecular complexity index is 1080. The summed E-state index contributed by atoms with van der Waals surface area (Å²) in [6, 6.07) is 16.2. The van der Waals surface area contributed by atoms with Crippen LogP contribution in [0, 0.1) is 11.3 Å². The van der Waals surface area contributed by atoms with Crippen LogP contribution < -0.4 is 5.32 Å². The van der Waals surface area contributed by atoms with Crippen molar-refractivity contribution in [2.75, 3.05) is 26.2 Å². The summed E-state index contributed by atoms with van der Waals surface area (Å²) in [7, 11) is 0. The predicted molar refractivity (Wildman–Crippen MR) is 123 cm³/mol. The number of carboxylic acids is 1. The number of carbonyl (C=O) groups is 3. The highest BCUT2D eigenvalue weighted by Gasteiger charge is 2.53. The number of nitrogens with one attached hydrogen (secondary N) is 1. The zero-order valence-electron chi connectivity index (χ0n) is 18.8.